The highest BCUT2D eigenvalue weighted by atomic mass is 32.2. The van der Waals surface area contributed by atoms with Crippen LogP contribution in [0, 0.1) is 0 Å². The van der Waals surface area contributed by atoms with E-state index in [0.29, 0.717) is 24.4 Å². The summed E-state index contributed by atoms with van der Waals surface area (Å²) < 4.78 is 0. The van der Waals surface area contributed by atoms with Gasteiger partial charge in [0.25, 0.3) is 0 Å². The Bertz CT molecular complexity index is 1100. The van der Waals surface area contributed by atoms with E-state index in [2.05, 4.69) is 29.2 Å². The number of thioether (sulfide) groups is 1. The van der Waals surface area contributed by atoms with E-state index in [0.717, 1.165) is 5.56 Å². The maximum atomic E-state index is 12.9. The summed E-state index contributed by atoms with van der Waals surface area (Å²) in [6.45, 7) is 1.34. The Balaban J connectivity index is 1.63. The van der Waals surface area contributed by atoms with Gasteiger partial charge in [-0.2, -0.15) is 0 Å². The quantitative estimate of drug-likeness (QED) is 0.294. The van der Waals surface area contributed by atoms with Gasteiger partial charge in [0, 0.05) is 30.4 Å². The molecule has 0 aliphatic heterocycles. The first-order valence-corrected chi connectivity index (χ1v) is 12.5. The summed E-state index contributed by atoms with van der Waals surface area (Å²) in [5.41, 5.74) is 3.87. The van der Waals surface area contributed by atoms with Crippen LogP contribution in [0.4, 0.5) is 0 Å². The van der Waals surface area contributed by atoms with E-state index >= 15 is 0 Å². The van der Waals surface area contributed by atoms with Gasteiger partial charge >= 0.3 is 0 Å². The monoisotopic (exact) mass is 467 g/mol. The number of aliphatic hydroxyl groups excluding tert-OH is 1. The molecular formula is C30H29NO2S. The fourth-order valence-corrected chi connectivity index (χ4v) is 5.03. The summed E-state index contributed by atoms with van der Waals surface area (Å²) in [4.78, 5) is 15.2. The third-order valence-electron chi connectivity index (χ3n) is 5.83. The number of benzene rings is 4. The lowest BCUT2D eigenvalue weighted by Crippen LogP contribution is -2.41. The summed E-state index contributed by atoms with van der Waals surface area (Å²) in [5, 5.41) is 11.5. The Morgan fingerprint density at radius 3 is 1.62 bits per heavy atom. The van der Waals surface area contributed by atoms with Gasteiger partial charge in [-0.05, 0) is 16.7 Å². The van der Waals surface area contributed by atoms with Gasteiger partial charge in [0.15, 0.2) is 0 Å². The van der Waals surface area contributed by atoms with E-state index in [9.17, 15) is 9.90 Å². The topological polar surface area (TPSA) is 40.5 Å². The normalized spacial score (nSPS) is 12.9. The van der Waals surface area contributed by atoms with Crippen molar-refractivity contribution in [2.45, 2.75) is 25.2 Å². The van der Waals surface area contributed by atoms with Gasteiger partial charge in [-0.15, -0.1) is 0 Å². The highest BCUT2D eigenvalue weighted by Crippen LogP contribution is 2.28. The van der Waals surface area contributed by atoms with Crippen LogP contribution in [0.15, 0.2) is 121 Å². The van der Waals surface area contributed by atoms with Crippen LogP contribution in [0.1, 0.15) is 33.2 Å². The summed E-state index contributed by atoms with van der Waals surface area (Å²) in [6.07, 6.45) is -0.732. The molecule has 0 aliphatic carbocycles. The lowest BCUT2D eigenvalue weighted by Gasteiger charge is -2.35. The van der Waals surface area contributed by atoms with Gasteiger partial charge in [0.2, 0.25) is 5.12 Å². The largest absolute Gasteiger partial charge is 0.387 e. The van der Waals surface area contributed by atoms with Crippen LogP contribution in [0.2, 0.25) is 0 Å². The van der Waals surface area contributed by atoms with Crippen LogP contribution in [0.25, 0.3) is 0 Å². The van der Waals surface area contributed by atoms with E-state index in [1.54, 1.807) is 0 Å². The van der Waals surface area contributed by atoms with Crippen molar-refractivity contribution in [3.63, 3.8) is 0 Å². The molecule has 4 aromatic rings. The molecule has 4 rings (SSSR count). The molecule has 0 saturated heterocycles. The molecule has 0 aromatic heterocycles. The SMILES string of the molecule is O=C(SC[C@@H]([C@@H](O)c1ccccc1)N(Cc1ccccc1)Cc1ccccc1)c1ccccc1. The van der Waals surface area contributed by atoms with Crippen molar-refractivity contribution >= 4 is 16.9 Å². The van der Waals surface area contributed by atoms with E-state index in [-0.39, 0.29) is 11.2 Å². The molecule has 34 heavy (non-hydrogen) atoms. The first kappa shape index (κ1) is 24.0. The zero-order valence-electron chi connectivity index (χ0n) is 19.0. The van der Waals surface area contributed by atoms with E-state index < -0.39 is 6.10 Å². The van der Waals surface area contributed by atoms with Crippen molar-refractivity contribution in [1.29, 1.82) is 0 Å². The predicted octanol–water partition coefficient (Wildman–Crippen LogP) is 6.36. The number of rotatable bonds is 10. The molecule has 0 heterocycles. The number of nitrogens with zero attached hydrogens (tertiary/aromatic N) is 1. The summed E-state index contributed by atoms with van der Waals surface area (Å²) in [7, 11) is 0. The minimum Gasteiger partial charge on any atom is -0.387 e. The fraction of sp³-hybridized carbons (Fsp3) is 0.167. The van der Waals surface area contributed by atoms with Crippen LogP contribution < -0.4 is 0 Å². The molecule has 0 spiro atoms. The Morgan fingerprint density at radius 1 is 0.676 bits per heavy atom. The van der Waals surface area contributed by atoms with Gasteiger partial charge < -0.3 is 5.11 Å². The van der Waals surface area contributed by atoms with Crippen molar-refractivity contribution in [2.24, 2.45) is 0 Å². The van der Waals surface area contributed by atoms with Crippen LogP contribution in [0.5, 0.6) is 0 Å². The Kier molecular flexibility index (Phi) is 8.69. The van der Waals surface area contributed by atoms with Crippen LogP contribution in [-0.2, 0) is 13.1 Å². The second-order valence-corrected chi connectivity index (χ2v) is 9.26. The van der Waals surface area contributed by atoms with Crippen molar-refractivity contribution in [2.75, 3.05) is 5.75 Å². The predicted molar refractivity (Wildman–Crippen MR) is 141 cm³/mol. The minimum absolute atomic E-state index is 0.0187. The molecule has 2 atom stereocenters. The zero-order valence-corrected chi connectivity index (χ0v) is 19.9. The summed E-state index contributed by atoms with van der Waals surface area (Å²) >= 11 is 1.27. The third-order valence-corrected chi connectivity index (χ3v) is 6.83. The van der Waals surface area contributed by atoms with Gasteiger partial charge in [-0.1, -0.05) is 133 Å². The van der Waals surface area contributed by atoms with Gasteiger partial charge in [-0.3, -0.25) is 9.69 Å². The molecular weight excluding hydrogens is 438 g/mol. The highest BCUT2D eigenvalue weighted by molar-refractivity contribution is 8.14. The average molecular weight is 468 g/mol. The maximum absolute atomic E-state index is 12.9. The fourth-order valence-electron chi connectivity index (χ4n) is 4.01. The smallest absolute Gasteiger partial charge is 0.219 e. The molecule has 4 heteroatoms. The Labute approximate surface area is 206 Å². The number of carbonyl (C=O) groups is 1. The molecule has 1 N–H and O–H groups in total. The van der Waals surface area contributed by atoms with E-state index in [1.807, 2.05) is 97.1 Å². The molecule has 0 unspecified atom stereocenters. The number of hydrogen-bond donors (Lipinski definition) is 1. The van der Waals surface area contributed by atoms with Crippen molar-refractivity contribution in [3.05, 3.63) is 144 Å². The second kappa shape index (κ2) is 12.3. The molecule has 0 radical (unpaired) electrons. The molecule has 172 valence electrons. The Morgan fingerprint density at radius 2 is 1.12 bits per heavy atom. The lowest BCUT2D eigenvalue weighted by atomic mass is 10.0. The van der Waals surface area contributed by atoms with Crippen LogP contribution in [-0.4, -0.2) is 26.9 Å². The Hall–Kier alpha value is -3.18. The molecule has 4 aromatic carbocycles. The third kappa shape index (κ3) is 6.67. The summed E-state index contributed by atoms with van der Waals surface area (Å²) in [5.74, 6) is 0.476. The van der Waals surface area contributed by atoms with Crippen molar-refractivity contribution in [1.82, 2.24) is 4.90 Å². The molecule has 0 saturated carbocycles. The van der Waals surface area contributed by atoms with E-state index in [1.165, 1.54) is 22.9 Å². The van der Waals surface area contributed by atoms with Gasteiger partial charge in [0.1, 0.15) is 0 Å². The zero-order chi connectivity index (χ0) is 23.6. The van der Waals surface area contributed by atoms with Crippen LogP contribution >= 0.6 is 11.8 Å². The highest BCUT2D eigenvalue weighted by Gasteiger charge is 2.29. The van der Waals surface area contributed by atoms with E-state index in [4.69, 9.17) is 0 Å². The van der Waals surface area contributed by atoms with Gasteiger partial charge in [-0.25, -0.2) is 0 Å². The number of carbonyl (C=O) groups excluding carboxylic acids is 1. The number of hydrogen-bond acceptors (Lipinski definition) is 4. The van der Waals surface area contributed by atoms with Gasteiger partial charge in [0.05, 0.1) is 6.10 Å². The van der Waals surface area contributed by atoms with Crippen LogP contribution in [0.3, 0.4) is 0 Å². The molecule has 0 fully saturated rings. The molecule has 0 amide bonds. The standard InChI is InChI=1S/C30H29NO2S/c32-29(26-17-9-3-10-18-26)28(23-34-30(33)27-19-11-4-12-20-27)31(21-24-13-5-1-6-14-24)22-25-15-7-2-8-16-25/h1-20,28-29,32H,21-23H2/t28-,29-/m0/s1. The average Bonchev–Trinajstić information content (AvgIpc) is 2.90. The summed E-state index contributed by atoms with van der Waals surface area (Å²) in [6, 6.07) is 39.4. The molecule has 3 nitrogen and oxygen atoms in total. The molecule has 0 aliphatic rings. The molecule has 0 bridgehead atoms. The first-order valence-electron chi connectivity index (χ1n) is 11.5. The van der Waals surface area contributed by atoms with Crippen molar-refractivity contribution < 1.29 is 9.90 Å². The maximum Gasteiger partial charge on any atom is 0.219 e. The van der Waals surface area contributed by atoms with Crippen molar-refractivity contribution in [3.8, 4) is 0 Å². The lowest BCUT2D eigenvalue weighted by molar-refractivity contribution is 0.0510. The first-order chi connectivity index (χ1) is 16.7. The minimum atomic E-state index is -0.732. The number of aliphatic hydroxyl groups is 1. The second-order valence-electron chi connectivity index (χ2n) is 8.26.